The Labute approximate surface area is 199 Å². The van der Waals surface area contributed by atoms with Gasteiger partial charge >= 0.3 is 5.97 Å². The Balaban J connectivity index is 1.40. The van der Waals surface area contributed by atoms with Crippen molar-refractivity contribution >= 4 is 22.6 Å². The van der Waals surface area contributed by atoms with Crippen molar-refractivity contribution in [1.82, 2.24) is 14.9 Å². The Morgan fingerprint density at radius 3 is 2.76 bits per heavy atom. The number of aromatic nitrogens is 2. The fourth-order valence-electron chi connectivity index (χ4n) is 4.87. The molecule has 0 spiro atoms. The topological polar surface area (TPSA) is 77.0 Å². The predicted molar refractivity (Wildman–Crippen MR) is 129 cm³/mol. The minimum atomic E-state index is -0.435. The Morgan fingerprint density at radius 2 is 2.03 bits per heavy atom. The number of esters is 1. The number of methoxy groups -OCH3 is 2. The van der Waals surface area contributed by atoms with Crippen LogP contribution in [0.4, 0.5) is 5.69 Å². The normalized spacial score (nSPS) is 20.6. The molecule has 34 heavy (non-hydrogen) atoms. The van der Waals surface area contributed by atoms with Gasteiger partial charge in [0.15, 0.2) is 0 Å². The van der Waals surface area contributed by atoms with Gasteiger partial charge in [-0.3, -0.25) is 9.88 Å². The van der Waals surface area contributed by atoms with E-state index in [1.54, 1.807) is 19.4 Å². The molecule has 3 aromatic rings. The van der Waals surface area contributed by atoms with Gasteiger partial charge in [0, 0.05) is 43.4 Å². The molecule has 2 atom stereocenters. The third kappa shape index (κ3) is 4.31. The summed E-state index contributed by atoms with van der Waals surface area (Å²) in [6.45, 7) is 5.03. The van der Waals surface area contributed by atoms with E-state index in [1.807, 2.05) is 12.3 Å². The van der Waals surface area contributed by atoms with Crippen LogP contribution in [-0.2, 0) is 22.4 Å². The monoisotopic (exact) mass is 462 g/mol. The zero-order valence-corrected chi connectivity index (χ0v) is 19.9. The van der Waals surface area contributed by atoms with Crippen LogP contribution < -0.4 is 9.64 Å². The number of hydrogen-bond donors (Lipinski definition) is 0. The number of carbonyl (C=O) groups is 1. The highest BCUT2D eigenvalue weighted by Crippen LogP contribution is 2.33. The molecular weight excluding hydrogens is 432 g/mol. The summed E-state index contributed by atoms with van der Waals surface area (Å²) in [7, 11) is 3.12. The highest BCUT2D eigenvalue weighted by atomic mass is 16.5. The van der Waals surface area contributed by atoms with E-state index in [1.165, 1.54) is 12.7 Å². The van der Waals surface area contributed by atoms with Gasteiger partial charge in [0.2, 0.25) is 0 Å². The first-order chi connectivity index (χ1) is 16.6. The number of nitrogens with zero attached hydrogens (tertiary/aromatic N) is 4. The smallest absolute Gasteiger partial charge is 0.356 e. The lowest BCUT2D eigenvalue weighted by molar-refractivity contribution is -0.0749. The number of piperazine rings is 1. The molecule has 2 aliphatic heterocycles. The van der Waals surface area contributed by atoms with Crippen molar-refractivity contribution in [2.24, 2.45) is 0 Å². The molecule has 0 saturated carbocycles. The van der Waals surface area contributed by atoms with E-state index in [0.29, 0.717) is 18.8 Å². The molecule has 0 aliphatic carbocycles. The summed E-state index contributed by atoms with van der Waals surface area (Å²) in [5, 5.41) is 1.12. The number of fused-ring (bicyclic) bond motifs is 3. The molecule has 1 saturated heterocycles. The van der Waals surface area contributed by atoms with Crippen molar-refractivity contribution in [2.75, 3.05) is 38.8 Å². The Bertz CT molecular complexity index is 1180. The summed E-state index contributed by atoms with van der Waals surface area (Å²) in [4.78, 5) is 25.4. The molecule has 2 aliphatic rings. The van der Waals surface area contributed by atoms with Crippen LogP contribution in [0.25, 0.3) is 10.9 Å². The van der Waals surface area contributed by atoms with E-state index >= 15 is 0 Å². The maximum absolute atomic E-state index is 11.7. The van der Waals surface area contributed by atoms with Gasteiger partial charge in [-0.05, 0) is 48.7 Å². The second-order valence-electron chi connectivity index (χ2n) is 8.80. The minimum absolute atomic E-state index is 0.0869. The van der Waals surface area contributed by atoms with E-state index < -0.39 is 5.97 Å². The number of benzene rings is 1. The minimum Gasteiger partial charge on any atom is -0.493 e. The molecule has 8 nitrogen and oxygen atoms in total. The van der Waals surface area contributed by atoms with Crippen LogP contribution in [0.15, 0.2) is 42.7 Å². The Hall–Kier alpha value is -3.23. The van der Waals surface area contributed by atoms with Gasteiger partial charge < -0.3 is 19.1 Å². The lowest BCUT2D eigenvalue weighted by atomic mass is 10.0. The molecule has 1 unspecified atom stereocenters. The summed E-state index contributed by atoms with van der Waals surface area (Å²) < 4.78 is 17.0. The number of hydrogen-bond acceptors (Lipinski definition) is 8. The first-order valence-electron chi connectivity index (χ1n) is 11.7. The quantitative estimate of drug-likeness (QED) is 0.546. The molecule has 178 valence electrons. The lowest BCUT2D eigenvalue weighted by Crippen LogP contribution is -2.59. The molecule has 0 N–H and O–H groups in total. The molecule has 0 bridgehead atoms. The molecule has 1 aromatic carbocycles. The molecular formula is C26H30N4O4. The van der Waals surface area contributed by atoms with Crippen molar-refractivity contribution < 1.29 is 19.0 Å². The summed E-state index contributed by atoms with van der Waals surface area (Å²) in [5.74, 6) is 0.496. The molecule has 4 heterocycles. The number of anilines is 1. The van der Waals surface area contributed by atoms with E-state index in [-0.39, 0.29) is 12.3 Å². The van der Waals surface area contributed by atoms with Crippen LogP contribution in [0.1, 0.15) is 35.0 Å². The van der Waals surface area contributed by atoms with Crippen molar-refractivity contribution in [1.29, 1.82) is 0 Å². The third-order valence-corrected chi connectivity index (χ3v) is 6.82. The number of ether oxygens (including phenoxy) is 3. The lowest BCUT2D eigenvalue weighted by Gasteiger charge is -2.47. The molecule has 8 heteroatoms. The van der Waals surface area contributed by atoms with Gasteiger partial charge in [-0.1, -0.05) is 6.92 Å². The first kappa shape index (κ1) is 22.6. The predicted octanol–water partition coefficient (Wildman–Crippen LogP) is 3.42. The van der Waals surface area contributed by atoms with Crippen molar-refractivity contribution in [3.8, 4) is 5.75 Å². The molecule has 0 amide bonds. The largest absolute Gasteiger partial charge is 0.493 e. The van der Waals surface area contributed by atoms with E-state index in [0.717, 1.165) is 53.8 Å². The summed E-state index contributed by atoms with van der Waals surface area (Å²) in [6, 6.07) is 10.3. The first-order valence-corrected chi connectivity index (χ1v) is 11.7. The van der Waals surface area contributed by atoms with E-state index in [9.17, 15) is 4.79 Å². The molecule has 1 fully saturated rings. The van der Waals surface area contributed by atoms with E-state index in [4.69, 9.17) is 14.2 Å². The van der Waals surface area contributed by atoms with Gasteiger partial charge in [-0.15, -0.1) is 0 Å². The number of aryl methyl sites for hydroxylation is 1. The van der Waals surface area contributed by atoms with Crippen molar-refractivity contribution in [3.63, 3.8) is 0 Å². The van der Waals surface area contributed by atoms with Gasteiger partial charge in [-0.2, -0.15) is 0 Å². The van der Waals surface area contributed by atoms with Crippen LogP contribution in [0.5, 0.6) is 5.75 Å². The maximum Gasteiger partial charge on any atom is 0.356 e. The van der Waals surface area contributed by atoms with Crippen LogP contribution in [-0.4, -0.2) is 67.0 Å². The zero-order chi connectivity index (χ0) is 23.7. The molecule has 2 aromatic heterocycles. The second kappa shape index (κ2) is 9.56. The fourth-order valence-corrected chi connectivity index (χ4v) is 4.87. The van der Waals surface area contributed by atoms with E-state index in [2.05, 4.69) is 44.9 Å². The standard InChI is InChI=1S/C26H30N4O4/c1-4-17-9-18-11-24-19(10-23(18)27-12-17)14-30-21(7-8-34-24)15-29(16-25(30)32-2)20-5-6-22(28-13-20)26(31)33-3/h5-6,9-13,21,25H,4,7-8,14-16H2,1-3H3/t21?,25-/m0/s1. The Morgan fingerprint density at radius 1 is 1.15 bits per heavy atom. The second-order valence-corrected chi connectivity index (χ2v) is 8.80. The Kier molecular flexibility index (Phi) is 6.34. The summed E-state index contributed by atoms with van der Waals surface area (Å²) in [5.41, 5.74) is 4.60. The fraction of sp³-hybridized carbons (Fsp3) is 0.423. The van der Waals surface area contributed by atoms with Crippen LogP contribution in [0, 0.1) is 0 Å². The van der Waals surface area contributed by atoms with Gasteiger partial charge in [0.05, 0.1) is 37.7 Å². The number of carbonyl (C=O) groups excluding carboxylic acids is 1. The van der Waals surface area contributed by atoms with Gasteiger partial charge in [-0.25, -0.2) is 9.78 Å². The van der Waals surface area contributed by atoms with Crippen LogP contribution in [0.3, 0.4) is 0 Å². The number of rotatable bonds is 4. The summed E-state index contributed by atoms with van der Waals surface area (Å²) in [6.07, 6.45) is 5.44. The zero-order valence-electron chi connectivity index (χ0n) is 19.9. The van der Waals surface area contributed by atoms with Gasteiger partial charge in [0.25, 0.3) is 0 Å². The molecule has 0 radical (unpaired) electrons. The summed E-state index contributed by atoms with van der Waals surface area (Å²) >= 11 is 0. The highest BCUT2D eigenvalue weighted by Gasteiger charge is 2.36. The average Bonchev–Trinajstić information content (AvgIpc) is 2.87. The average molecular weight is 463 g/mol. The van der Waals surface area contributed by atoms with Crippen molar-refractivity contribution in [2.45, 2.75) is 38.6 Å². The SMILES string of the molecule is CCc1cnc2cc3c(cc2c1)OCCC1CN(c2ccc(C(=O)OC)nc2)C[C@H](OC)N1C3. The number of pyridine rings is 2. The maximum atomic E-state index is 11.7. The highest BCUT2D eigenvalue weighted by molar-refractivity contribution is 5.87. The van der Waals surface area contributed by atoms with Crippen LogP contribution >= 0.6 is 0 Å². The van der Waals surface area contributed by atoms with Crippen molar-refractivity contribution in [3.05, 3.63) is 59.5 Å². The van der Waals surface area contributed by atoms with Gasteiger partial charge in [0.1, 0.15) is 17.7 Å². The third-order valence-electron chi connectivity index (χ3n) is 6.82. The molecule has 5 rings (SSSR count). The van der Waals surface area contributed by atoms with Crippen LogP contribution in [0.2, 0.25) is 0 Å².